The maximum absolute atomic E-state index is 6.79. The van der Waals surface area contributed by atoms with Crippen molar-refractivity contribution in [3.8, 4) is 11.1 Å². The van der Waals surface area contributed by atoms with Crippen LogP contribution in [-0.2, 0) is 0 Å². The fraction of sp³-hybridized carbons (Fsp3) is 0.0182. The third-order valence-electron chi connectivity index (χ3n) is 11.7. The van der Waals surface area contributed by atoms with E-state index in [1.54, 1.807) is 0 Å². The zero-order valence-electron chi connectivity index (χ0n) is 32.9. The Kier molecular flexibility index (Phi) is 8.35. The third kappa shape index (κ3) is 6.07. The first-order chi connectivity index (χ1) is 30.2. The van der Waals surface area contributed by atoms with Gasteiger partial charge in [0.25, 0.3) is 0 Å². The molecule has 6 heteroatoms. The van der Waals surface area contributed by atoms with Crippen LogP contribution in [0.2, 0.25) is 0 Å². The average molecular weight is 801 g/mol. The van der Waals surface area contributed by atoms with Gasteiger partial charge in [0.1, 0.15) is 23.2 Å². The Morgan fingerprint density at radius 2 is 1.11 bits per heavy atom. The number of hydrogen-bond acceptors (Lipinski definition) is 6. The molecule has 9 aromatic carbocycles. The van der Waals surface area contributed by atoms with E-state index in [2.05, 4.69) is 174 Å². The van der Waals surface area contributed by atoms with E-state index >= 15 is 0 Å². The maximum atomic E-state index is 6.79. The van der Waals surface area contributed by atoms with Gasteiger partial charge in [-0.05, 0) is 88.1 Å². The highest BCUT2D eigenvalue weighted by Gasteiger charge is 2.25. The molecule has 0 aliphatic carbocycles. The molecule has 1 atom stereocenters. The lowest BCUT2D eigenvalue weighted by Gasteiger charge is -2.26. The van der Waals surface area contributed by atoms with Gasteiger partial charge in [-0.3, -0.25) is 0 Å². The van der Waals surface area contributed by atoms with E-state index in [0.29, 0.717) is 5.84 Å². The first-order valence-corrected chi connectivity index (χ1v) is 21.3. The zero-order chi connectivity index (χ0) is 40.3. The molecule has 0 amide bonds. The number of para-hydroxylation sites is 1. The summed E-state index contributed by atoms with van der Waals surface area (Å²) in [7, 11) is 0. The van der Waals surface area contributed by atoms with Crippen LogP contribution >= 0.6 is 11.3 Å². The molecule has 1 aliphatic rings. The number of thiophene rings is 1. The van der Waals surface area contributed by atoms with Gasteiger partial charge in [0.2, 0.25) is 0 Å². The van der Waals surface area contributed by atoms with Gasteiger partial charge in [-0.15, -0.1) is 11.3 Å². The van der Waals surface area contributed by atoms with Crippen LogP contribution in [0.25, 0.3) is 64.0 Å². The summed E-state index contributed by atoms with van der Waals surface area (Å²) in [5.74, 6) is 1.45. The quantitative estimate of drug-likeness (QED) is 0.175. The predicted octanol–water partition coefficient (Wildman–Crippen LogP) is 14.7. The Balaban J connectivity index is 0.987. The van der Waals surface area contributed by atoms with E-state index < -0.39 is 0 Å². The predicted molar refractivity (Wildman–Crippen MR) is 256 cm³/mol. The number of anilines is 3. The monoisotopic (exact) mass is 800 g/mol. The van der Waals surface area contributed by atoms with Gasteiger partial charge in [-0.2, -0.15) is 0 Å². The second kappa shape index (κ2) is 14.5. The van der Waals surface area contributed by atoms with Gasteiger partial charge in [-0.1, -0.05) is 146 Å². The Bertz CT molecular complexity index is 3500. The molecule has 0 saturated carbocycles. The van der Waals surface area contributed by atoms with E-state index in [9.17, 15) is 0 Å². The van der Waals surface area contributed by atoms with Gasteiger partial charge < -0.3 is 14.6 Å². The summed E-state index contributed by atoms with van der Waals surface area (Å²) in [6.07, 6.45) is -0.306. The molecule has 3 heterocycles. The van der Waals surface area contributed by atoms with Crippen LogP contribution in [0.5, 0.6) is 0 Å². The Hall–Kier alpha value is -7.80. The van der Waals surface area contributed by atoms with E-state index in [1.807, 2.05) is 53.8 Å². The smallest absolute Gasteiger partial charge is 0.160 e. The van der Waals surface area contributed by atoms with Crippen LogP contribution in [0, 0.1) is 0 Å². The van der Waals surface area contributed by atoms with Crippen molar-refractivity contribution in [1.29, 1.82) is 0 Å². The highest BCUT2D eigenvalue weighted by Crippen LogP contribution is 2.44. The lowest BCUT2D eigenvalue weighted by molar-refractivity contribution is 0.668. The van der Waals surface area contributed by atoms with Gasteiger partial charge >= 0.3 is 0 Å². The number of hydrogen-bond donors (Lipinski definition) is 1. The number of benzene rings is 9. The Morgan fingerprint density at radius 1 is 0.459 bits per heavy atom. The number of nitrogens with one attached hydrogen (secondary N) is 1. The molecule has 0 bridgehead atoms. The fourth-order valence-corrected chi connectivity index (χ4v) is 9.98. The van der Waals surface area contributed by atoms with Crippen molar-refractivity contribution in [3.05, 3.63) is 223 Å². The number of nitrogens with zero attached hydrogens (tertiary/aromatic N) is 3. The zero-order valence-corrected chi connectivity index (χ0v) is 33.7. The van der Waals surface area contributed by atoms with Crippen molar-refractivity contribution in [2.45, 2.75) is 6.17 Å². The van der Waals surface area contributed by atoms with Crippen molar-refractivity contribution in [1.82, 2.24) is 5.32 Å². The number of fused-ring (bicyclic) bond motifs is 8. The van der Waals surface area contributed by atoms with E-state index in [-0.39, 0.29) is 6.17 Å². The van der Waals surface area contributed by atoms with Crippen molar-refractivity contribution >= 4 is 93.0 Å². The molecule has 61 heavy (non-hydrogen) atoms. The third-order valence-corrected chi connectivity index (χ3v) is 12.9. The van der Waals surface area contributed by atoms with Crippen LogP contribution < -0.4 is 10.2 Å². The van der Waals surface area contributed by atoms with Crippen molar-refractivity contribution < 1.29 is 4.42 Å². The molecule has 11 aromatic rings. The minimum Gasteiger partial charge on any atom is -0.456 e. The highest BCUT2D eigenvalue weighted by molar-refractivity contribution is 7.25. The lowest BCUT2D eigenvalue weighted by atomic mass is 9.93. The molecule has 1 N–H and O–H groups in total. The van der Waals surface area contributed by atoms with Crippen LogP contribution in [0.4, 0.5) is 17.1 Å². The molecule has 5 nitrogen and oxygen atoms in total. The topological polar surface area (TPSA) is 53.1 Å². The highest BCUT2D eigenvalue weighted by atomic mass is 32.1. The summed E-state index contributed by atoms with van der Waals surface area (Å²) in [5.41, 5.74) is 10.2. The maximum Gasteiger partial charge on any atom is 0.160 e. The summed E-state index contributed by atoms with van der Waals surface area (Å²) in [6, 6.07) is 72.7. The van der Waals surface area contributed by atoms with Gasteiger partial charge in [-0.25, -0.2) is 9.98 Å². The van der Waals surface area contributed by atoms with Crippen LogP contribution in [-0.4, -0.2) is 11.7 Å². The molecular weight excluding hydrogens is 765 g/mol. The second-order valence-corrected chi connectivity index (χ2v) is 16.4. The summed E-state index contributed by atoms with van der Waals surface area (Å²) >= 11 is 1.84. The lowest BCUT2D eigenvalue weighted by Crippen LogP contribution is -2.33. The molecular formula is C55H36N4OS. The second-order valence-electron chi connectivity index (χ2n) is 15.4. The first-order valence-electron chi connectivity index (χ1n) is 20.5. The molecule has 1 unspecified atom stereocenters. The van der Waals surface area contributed by atoms with Crippen molar-refractivity contribution in [2.75, 3.05) is 4.90 Å². The molecule has 288 valence electrons. The largest absolute Gasteiger partial charge is 0.456 e. The molecule has 0 spiro atoms. The molecule has 2 aromatic heterocycles. The van der Waals surface area contributed by atoms with Gasteiger partial charge in [0, 0.05) is 59.1 Å². The molecule has 1 aliphatic heterocycles. The summed E-state index contributed by atoms with van der Waals surface area (Å²) in [6.45, 7) is 0. The number of amidine groups is 2. The summed E-state index contributed by atoms with van der Waals surface area (Å²) < 4.78 is 9.38. The fourth-order valence-electron chi connectivity index (χ4n) is 8.89. The van der Waals surface area contributed by atoms with Crippen LogP contribution in [0.1, 0.15) is 22.9 Å². The Morgan fingerprint density at radius 3 is 1.92 bits per heavy atom. The van der Waals surface area contributed by atoms with Crippen LogP contribution in [0.3, 0.4) is 0 Å². The normalized spacial score (nSPS) is 14.1. The standard InChI is InChI=1S/C55H36N4OS/c1-4-15-36(16-5-1)53-56-54(37-17-6-2-7-18-37)58-55(57-53)44-24-14-25-47-52(44)51-43-23-11-10-21-41(43)45(34-48(51)60-47)35-27-29-39(30-28-35)59(38-19-8-3-9-20-38)40-31-32-50-46(33-40)42-22-12-13-26-49(42)61-50/h1-34,53H,(H,56,57,58). The van der Waals surface area contributed by atoms with E-state index in [0.717, 1.165) is 83.4 Å². The summed E-state index contributed by atoms with van der Waals surface area (Å²) in [5, 5.41) is 10.5. The van der Waals surface area contributed by atoms with Crippen molar-refractivity contribution in [2.24, 2.45) is 9.98 Å². The number of rotatable bonds is 7. The number of furan rings is 1. The Labute approximate surface area is 356 Å². The molecule has 0 radical (unpaired) electrons. The minimum absolute atomic E-state index is 0.306. The van der Waals surface area contributed by atoms with E-state index in [1.165, 1.54) is 20.2 Å². The SMILES string of the molecule is c1ccc(C2=NC(c3cccc4oc5cc(-c6ccc(N(c7ccccc7)c7ccc8sc9ccccc9c8c7)cc6)c6ccccc6c5c34)=NC(c3ccccc3)N2)cc1. The minimum atomic E-state index is -0.306. The van der Waals surface area contributed by atoms with E-state index in [4.69, 9.17) is 14.4 Å². The first kappa shape index (κ1) is 35.2. The van der Waals surface area contributed by atoms with Crippen molar-refractivity contribution in [3.63, 3.8) is 0 Å². The van der Waals surface area contributed by atoms with Gasteiger partial charge in [0.15, 0.2) is 5.84 Å². The molecule has 0 fully saturated rings. The van der Waals surface area contributed by atoms with Gasteiger partial charge in [0.05, 0.1) is 0 Å². The average Bonchev–Trinajstić information content (AvgIpc) is 3.91. The number of aliphatic imine (C=N–C) groups is 2. The molecule has 12 rings (SSSR count). The summed E-state index contributed by atoms with van der Waals surface area (Å²) in [4.78, 5) is 12.8. The molecule has 0 saturated heterocycles. The van der Waals surface area contributed by atoms with Crippen LogP contribution in [0.15, 0.2) is 221 Å².